The molecule has 0 spiro atoms. The van der Waals surface area contributed by atoms with E-state index in [9.17, 15) is 9.59 Å². The van der Waals surface area contributed by atoms with Crippen LogP contribution in [0.25, 0.3) is 0 Å². The van der Waals surface area contributed by atoms with Crippen molar-refractivity contribution >= 4 is 27.7 Å². The van der Waals surface area contributed by atoms with Gasteiger partial charge in [-0.05, 0) is 30.7 Å². The van der Waals surface area contributed by atoms with Crippen LogP contribution in [0.2, 0.25) is 0 Å². The van der Waals surface area contributed by atoms with E-state index in [1.807, 2.05) is 19.1 Å². The van der Waals surface area contributed by atoms with Gasteiger partial charge in [0.05, 0.1) is 0 Å². The van der Waals surface area contributed by atoms with Crippen molar-refractivity contribution in [2.24, 2.45) is 0 Å². The lowest BCUT2D eigenvalue weighted by atomic mass is 10.1. The number of carbonyl (C=O) groups is 2. The minimum atomic E-state index is -0.444. The van der Waals surface area contributed by atoms with Gasteiger partial charge in [0.2, 0.25) is 5.91 Å². The summed E-state index contributed by atoms with van der Waals surface area (Å²) in [6.45, 7) is 3.68. The average molecular weight is 354 g/mol. The summed E-state index contributed by atoms with van der Waals surface area (Å²) in [4.78, 5) is 28.2. The molecule has 1 saturated heterocycles. The molecule has 114 valence electrons. The van der Waals surface area contributed by atoms with E-state index < -0.39 is 6.04 Å². The van der Waals surface area contributed by atoms with Gasteiger partial charge in [-0.25, -0.2) is 0 Å². The van der Waals surface area contributed by atoms with E-state index in [4.69, 9.17) is 0 Å². The van der Waals surface area contributed by atoms with Gasteiger partial charge >= 0.3 is 0 Å². The van der Waals surface area contributed by atoms with Gasteiger partial charge in [-0.1, -0.05) is 15.9 Å². The maximum Gasteiger partial charge on any atom is 0.254 e. The van der Waals surface area contributed by atoms with Gasteiger partial charge < -0.3 is 15.1 Å². The lowest BCUT2D eigenvalue weighted by Gasteiger charge is -2.36. The molecule has 2 rings (SSSR count). The summed E-state index contributed by atoms with van der Waals surface area (Å²) in [5.74, 6) is -0.150. The molecule has 1 heterocycles. The Bertz CT molecular complexity index is 540. The van der Waals surface area contributed by atoms with Crippen LogP contribution in [0.15, 0.2) is 22.7 Å². The molecule has 0 radical (unpaired) electrons. The number of halogens is 1. The number of carbonyl (C=O) groups excluding carboxylic acids is 2. The number of rotatable bonds is 2. The predicted molar refractivity (Wildman–Crippen MR) is 85.3 cm³/mol. The van der Waals surface area contributed by atoms with Gasteiger partial charge in [-0.15, -0.1) is 0 Å². The standard InChI is InChI=1S/C15H20BrN3O2/c1-10-6-11(8-12(16)7-10)14(20)19-5-4-17-9-13(19)15(21)18(2)3/h6-8,13,17H,4-5,9H2,1-3H3. The second-order valence-corrected chi connectivity index (χ2v) is 6.38. The van der Waals surface area contributed by atoms with Crippen molar-refractivity contribution in [1.82, 2.24) is 15.1 Å². The van der Waals surface area contributed by atoms with Crippen molar-refractivity contribution in [2.45, 2.75) is 13.0 Å². The molecule has 0 bridgehead atoms. The normalized spacial score (nSPS) is 18.5. The monoisotopic (exact) mass is 353 g/mol. The number of nitrogens with one attached hydrogen (secondary N) is 1. The molecule has 21 heavy (non-hydrogen) atoms. The Morgan fingerprint density at radius 3 is 2.67 bits per heavy atom. The molecular formula is C15H20BrN3O2. The molecule has 1 aromatic rings. The first-order valence-electron chi connectivity index (χ1n) is 6.90. The molecule has 1 aliphatic rings. The fourth-order valence-corrected chi connectivity index (χ4v) is 3.10. The third kappa shape index (κ3) is 3.63. The van der Waals surface area contributed by atoms with Crippen molar-refractivity contribution in [2.75, 3.05) is 33.7 Å². The van der Waals surface area contributed by atoms with Crippen molar-refractivity contribution in [3.63, 3.8) is 0 Å². The first-order valence-corrected chi connectivity index (χ1v) is 7.69. The number of hydrogen-bond acceptors (Lipinski definition) is 3. The Balaban J connectivity index is 2.28. The predicted octanol–water partition coefficient (Wildman–Crippen LogP) is 1.26. The van der Waals surface area contributed by atoms with Crippen LogP contribution in [0.3, 0.4) is 0 Å². The molecule has 6 heteroatoms. The molecule has 1 N–H and O–H groups in total. The van der Waals surface area contributed by atoms with Gasteiger partial charge in [0, 0.05) is 43.8 Å². The number of hydrogen-bond donors (Lipinski definition) is 1. The summed E-state index contributed by atoms with van der Waals surface area (Å²) in [7, 11) is 3.42. The number of amides is 2. The molecule has 1 aliphatic heterocycles. The molecular weight excluding hydrogens is 334 g/mol. The van der Waals surface area contributed by atoms with Crippen LogP contribution in [-0.2, 0) is 4.79 Å². The second-order valence-electron chi connectivity index (χ2n) is 5.47. The molecule has 2 amide bonds. The van der Waals surface area contributed by atoms with E-state index >= 15 is 0 Å². The van der Waals surface area contributed by atoms with Crippen LogP contribution < -0.4 is 5.32 Å². The van der Waals surface area contributed by atoms with Gasteiger partial charge in [-0.3, -0.25) is 9.59 Å². The molecule has 1 unspecified atom stereocenters. The van der Waals surface area contributed by atoms with E-state index in [0.29, 0.717) is 25.2 Å². The third-order valence-electron chi connectivity index (χ3n) is 3.52. The molecule has 1 atom stereocenters. The van der Waals surface area contributed by atoms with Crippen molar-refractivity contribution in [3.8, 4) is 0 Å². The first kappa shape index (κ1) is 16.0. The Kier molecular flexibility index (Phi) is 5.00. The third-order valence-corrected chi connectivity index (χ3v) is 3.98. The number of piperazine rings is 1. The maximum absolute atomic E-state index is 12.7. The summed E-state index contributed by atoms with van der Waals surface area (Å²) in [5.41, 5.74) is 1.62. The van der Waals surface area contributed by atoms with Gasteiger partial charge in [-0.2, -0.15) is 0 Å². The molecule has 0 aromatic heterocycles. The van der Waals surface area contributed by atoms with E-state index in [1.54, 1.807) is 25.1 Å². The van der Waals surface area contributed by atoms with Gasteiger partial charge in [0.15, 0.2) is 0 Å². The highest BCUT2D eigenvalue weighted by molar-refractivity contribution is 9.10. The Labute approximate surface area is 133 Å². The summed E-state index contributed by atoms with van der Waals surface area (Å²) < 4.78 is 0.872. The van der Waals surface area contributed by atoms with Crippen LogP contribution in [0.5, 0.6) is 0 Å². The zero-order valence-electron chi connectivity index (χ0n) is 12.5. The molecule has 1 aromatic carbocycles. The lowest BCUT2D eigenvalue weighted by molar-refractivity contribution is -0.134. The second kappa shape index (κ2) is 6.58. The maximum atomic E-state index is 12.7. The molecule has 0 saturated carbocycles. The minimum Gasteiger partial charge on any atom is -0.347 e. The first-order chi connectivity index (χ1) is 9.90. The van der Waals surface area contributed by atoms with Crippen LogP contribution in [0, 0.1) is 6.92 Å². The number of benzene rings is 1. The summed E-state index contributed by atoms with van der Waals surface area (Å²) in [6, 6.07) is 5.17. The van der Waals surface area contributed by atoms with Crippen molar-refractivity contribution in [1.29, 1.82) is 0 Å². The molecule has 0 aliphatic carbocycles. The van der Waals surface area contributed by atoms with Crippen LogP contribution in [0.1, 0.15) is 15.9 Å². The summed E-state index contributed by atoms with van der Waals surface area (Å²) in [6.07, 6.45) is 0. The van der Waals surface area contributed by atoms with E-state index in [0.717, 1.165) is 10.0 Å². The molecule has 1 fully saturated rings. The highest BCUT2D eigenvalue weighted by Gasteiger charge is 2.33. The lowest BCUT2D eigenvalue weighted by Crippen LogP contribution is -2.59. The zero-order chi connectivity index (χ0) is 15.6. The topological polar surface area (TPSA) is 52.7 Å². The smallest absolute Gasteiger partial charge is 0.254 e. The summed E-state index contributed by atoms with van der Waals surface area (Å²) in [5, 5.41) is 3.18. The van der Waals surface area contributed by atoms with Gasteiger partial charge in [0.1, 0.15) is 6.04 Å². The fourth-order valence-electron chi connectivity index (χ4n) is 2.49. The number of likely N-dealkylation sites (N-methyl/N-ethyl adjacent to an activating group) is 1. The molecule has 5 nitrogen and oxygen atoms in total. The summed E-state index contributed by atoms with van der Waals surface area (Å²) >= 11 is 3.41. The van der Waals surface area contributed by atoms with Crippen LogP contribution >= 0.6 is 15.9 Å². The van der Waals surface area contributed by atoms with E-state index in [-0.39, 0.29) is 11.8 Å². The SMILES string of the molecule is Cc1cc(Br)cc(C(=O)N2CCNCC2C(=O)N(C)C)c1. The average Bonchev–Trinajstić information content (AvgIpc) is 2.44. The Hall–Kier alpha value is -1.40. The van der Waals surface area contributed by atoms with E-state index in [1.165, 1.54) is 4.90 Å². The van der Waals surface area contributed by atoms with Gasteiger partial charge in [0.25, 0.3) is 5.91 Å². The zero-order valence-corrected chi connectivity index (χ0v) is 14.1. The van der Waals surface area contributed by atoms with Crippen LogP contribution in [-0.4, -0.2) is 61.4 Å². The Morgan fingerprint density at radius 1 is 1.33 bits per heavy atom. The fraction of sp³-hybridized carbons (Fsp3) is 0.467. The van der Waals surface area contributed by atoms with E-state index in [2.05, 4.69) is 21.2 Å². The minimum absolute atomic E-state index is 0.0535. The number of aryl methyl sites for hydroxylation is 1. The van der Waals surface area contributed by atoms with Crippen molar-refractivity contribution < 1.29 is 9.59 Å². The number of nitrogens with zero attached hydrogens (tertiary/aromatic N) is 2. The highest BCUT2D eigenvalue weighted by Crippen LogP contribution is 2.18. The highest BCUT2D eigenvalue weighted by atomic mass is 79.9. The van der Waals surface area contributed by atoms with Crippen LogP contribution in [0.4, 0.5) is 0 Å². The quantitative estimate of drug-likeness (QED) is 0.870. The van der Waals surface area contributed by atoms with Crippen molar-refractivity contribution in [3.05, 3.63) is 33.8 Å². The Morgan fingerprint density at radius 2 is 2.05 bits per heavy atom. The largest absolute Gasteiger partial charge is 0.347 e.